The Hall–Kier alpha value is -3.67. The molecular formula is C32H38N2O9. The number of methoxy groups -OCH3 is 2. The molecule has 230 valence electrons. The highest BCUT2D eigenvalue weighted by Gasteiger charge is 2.59. The number of Topliss-reactive ketones (excluding diaryl/α,β-unsaturated/α-hetero) is 4. The summed E-state index contributed by atoms with van der Waals surface area (Å²) in [5, 5.41) is 0. The van der Waals surface area contributed by atoms with E-state index < -0.39 is 41.8 Å². The molecule has 0 aromatic heterocycles. The van der Waals surface area contributed by atoms with E-state index in [1.165, 1.54) is 14.2 Å². The number of ketones is 4. The number of hydrogen-bond acceptors (Lipinski definition) is 11. The number of esters is 1. The minimum Gasteiger partial charge on any atom is -0.492 e. The number of allylic oxidation sites excluding steroid dienone is 5. The van der Waals surface area contributed by atoms with Gasteiger partial charge in [0, 0.05) is 58.2 Å². The molecule has 0 spiro atoms. The average molecular weight is 595 g/mol. The van der Waals surface area contributed by atoms with Crippen LogP contribution in [-0.2, 0) is 42.9 Å². The number of ether oxygens (including phenoxy) is 4. The fourth-order valence-corrected chi connectivity index (χ4v) is 7.29. The molecule has 1 fully saturated rings. The van der Waals surface area contributed by atoms with Gasteiger partial charge in [-0.15, -0.1) is 0 Å². The number of hydrogen-bond donors (Lipinski definition) is 0. The normalized spacial score (nSPS) is 30.0. The molecule has 2 aliphatic carbocycles. The first-order valence-corrected chi connectivity index (χ1v) is 14.5. The van der Waals surface area contributed by atoms with Gasteiger partial charge in [-0.25, -0.2) is 4.79 Å². The van der Waals surface area contributed by atoms with Crippen LogP contribution in [0.5, 0.6) is 0 Å². The summed E-state index contributed by atoms with van der Waals surface area (Å²) in [6.07, 6.45) is 1.06. The van der Waals surface area contributed by atoms with Crippen LogP contribution in [-0.4, -0.2) is 110 Å². The number of carbonyl (C=O) groups is 5. The second kappa shape index (κ2) is 11.4. The van der Waals surface area contributed by atoms with Crippen LogP contribution in [0.2, 0.25) is 0 Å². The van der Waals surface area contributed by atoms with Gasteiger partial charge in [-0.05, 0) is 48.1 Å². The van der Waals surface area contributed by atoms with Crippen molar-refractivity contribution in [3.63, 3.8) is 0 Å². The molecule has 0 N–H and O–H groups in total. The maximum Gasteiger partial charge on any atom is 0.333 e. The molecule has 5 atom stereocenters. The van der Waals surface area contributed by atoms with Gasteiger partial charge in [0.15, 0.2) is 23.1 Å². The Morgan fingerprint density at radius 3 is 2.09 bits per heavy atom. The van der Waals surface area contributed by atoms with Crippen molar-refractivity contribution in [1.82, 2.24) is 9.80 Å². The Balaban J connectivity index is 1.69. The molecule has 2 bridgehead atoms. The first-order valence-electron chi connectivity index (χ1n) is 14.5. The number of fused-ring (bicyclic) bond motifs is 5. The fraction of sp³-hybridized carbons (Fsp3) is 0.531. The van der Waals surface area contributed by atoms with Crippen molar-refractivity contribution in [2.75, 3.05) is 41.0 Å². The predicted octanol–water partition coefficient (Wildman–Crippen LogP) is 1.78. The van der Waals surface area contributed by atoms with Gasteiger partial charge in [-0.2, -0.15) is 0 Å². The lowest BCUT2D eigenvalue weighted by Gasteiger charge is -2.59. The summed E-state index contributed by atoms with van der Waals surface area (Å²) in [6, 6.07) is -2.30. The monoisotopic (exact) mass is 594 g/mol. The first-order chi connectivity index (χ1) is 20.4. The minimum atomic E-state index is -0.797. The van der Waals surface area contributed by atoms with Crippen molar-refractivity contribution in [2.24, 2.45) is 0 Å². The Morgan fingerprint density at radius 1 is 0.907 bits per heavy atom. The van der Waals surface area contributed by atoms with Gasteiger partial charge < -0.3 is 18.9 Å². The fourth-order valence-electron chi connectivity index (χ4n) is 7.29. The Bertz CT molecular complexity index is 1490. The van der Waals surface area contributed by atoms with E-state index in [2.05, 4.69) is 0 Å². The van der Waals surface area contributed by atoms with E-state index in [1.54, 1.807) is 33.8 Å². The smallest absolute Gasteiger partial charge is 0.333 e. The van der Waals surface area contributed by atoms with Crippen LogP contribution in [0.4, 0.5) is 0 Å². The van der Waals surface area contributed by atoms with Gasteiger partial charge in [0.05, 0.1) is 32.3 Å². The molecule has 0 amide bonds. The standard InChI is InChI=1S/C32H38N2O9/c1-9-14(3)32(39)43-13-20-21-17(25(35)15(4)29(40-7)27(21)37)11-18-24-22-23(26(36)16(5)30(41-8)28(22)38)31(42-10-2)19(33(24)6)12-34(18)20/h9,18-20,24,31H,10-13H2,1-8H3/b14-9-/t18-,19+,20+,24-,31+/m1/s1. The van der Waals surface area contributed by atoms with Crippen molar-refractivity contribution < 1.29 is 42.9 Å². The summed E-state index contributed by atoms with van der Waals surface area (Å²) in [5.74, 6) is -2.03. The highest BCUT2D eigenvalue weighted by molar-refractivity contribution is 6.26. The maximum absolute atomic E-state index is 14.0. The Labute approximate surface area is 250 Å². The van der Waals surface area contributed by atoms with E-state index >= 15 is 0 Å². The van der Waals surface area contributed by atoms with Crippen molar-refractivity contribution in [1.29, 1.82) is 0 Å². The molecule has 5 rings (SSSR count). The van der Waals surface area contributed by atoms with Crippen LogP contribution in [0.15, 0.2) is 56.6 Å². The number of likely N-dealkylation sites (N-methyl/N-ethyl adjacent to an activating group) is 1. The van der Waals surface area contributed by atoms with Crippen LogP contribution >= 0.6 is 0 Å². The lowest BCUT2D eigenvalue weighted by Crippen LogP contribution is -2.73. The molecule has 3 aliphatic heterocycles. The highest BCUT2D eigenvalue weighted by atomic mass is 16.5. The second-order valence-electron chi connectivity index (χ2n) is 11.5. The zero-order valence-electron chi connectivity index (χ0n) is 25.9. The van der Waals surface area contributed by atoms with Crippen LogP contribution in [0.25, 0.3) is 0 Å². The molecule has 11 nitrogen and oxygen atoms in total. The van der Waals surface area contributed by atoms with Gasteiger partial charge in [-0.3, -0.25) is 29.0 Å². The van der Waals surface area contributed by atoms with Crippen molar-refractivity contribution in [2.45, 2.75) is 71.3 Å². The van der Waals surface area contributed by atoms with E-state index in [-0.39, 0.29) is 64.4 Å². The van der Waals surface area contributed by atoms with Crippen LogP contribution in [0.1, 0.15) is 41.0 Å². The van der Waals surface area contributed by atoms with Crippen LogP contribution < -0.4 is 0 Å². The van der Waals surface area contributed by atoms with E-state index in [4.69, 9.17) is 18.9 Å². The number of carbonyl (C=O) groups excluding carboxylic acids is 5. The molecule has 11 heteroatoms. The average Bonchev–Trinajstić information content (AvgIpc) is 2.98. The van der Waals surface area contributed by atoms with Crippen molar-refractivity contribution in [3.05, 3.63) is 56.6 Å². The Morgan fingerprint density at radius 2 is 1.51 bits per heavy atom. The molecule has 3 heterocycles. The molecule has 0 aromatic rings. The largest absolute Gasteiger partial charge is 0.492 e. The minimum absolute atomic E-state index is 0.0153. The summed E-state index contributed by atoms with van der Waals surface area (Å²) in [5.41, 5.74) is 1.99. The second-order valence-corrected chi connectivity index (χ2v) is 11.5. The Kier molecular flexibility index (Phi) is 8.19. The molecule has 1 saturated heterocycles. The number of rotatable bonds is 7. The van der Waals surface area contributed by atoms with E-state index in [1.807, 2.05) is 23.8 Å². The predicted molar refractivity (Wildman–Crippen MR) is 154 cm³/mol. The zero-order chi connectivity index (χ0) is 31.5. The van der Waals surface area contributed by atoms with Gasteiger partial charge in [-0.1, -0.05) is 6.08 Å². The number of piperazine rings is 1. The molecule has 43 heavy (non-hydrogen) atoms. The van der Waals surface area contributed by atoms with Gasteiger partial charge in [0.2, 0.25) is 11.6 Å². The lowest BCUT2D eigenvalue weighted by molar-refractivity contribution is -0.144. The van der Waals surface area contributed by atoms with E-state index in [0.717, 1.165) is 0 Å². The summed E-state index contributed by atoms with van der Waals surface area (Å²) in [4.78, 5) is 72.2. The number of nitrogens with zero attached hydrogens (tertiary/aromatic N) is 2. The lowest BCUT2D eigenvalue weighted by atomic mass is 9.68. The third-order valence-electron chi connectivity index (χ3n) is 9.51. The summed E-state index contributed by atoms with van der Waals surface area (Å²) < 4.78 is 22.7. The maximum atomic E-state index is 14.0. The van der Waals surface area contributed by atoms with Crippen LogP contribution in [0, 0.1) is 0 Å². The van der Waals surface area contributed by atoms with Crippen LogP contribution in [0.3, 0.4) is 0 Å². The van der Waals surface area contributed by atoms with Crippen molar-refractivity contribution >= 4 is 29.1 Å². The van der Waals surface area contributed by atoms with Gasteiger partial charge >= 0.3 is 5.97 Å². The third kappa shape index (κ3) is 4.47. The van der Waals surface area contributed by atoms with Gasteiger partial charge in [0.1, 0.15) is 12.7 Å². The molecule has 0 saturated carbocycles. The third-order valence-corrected chi connectivity index (χ3v) is 9.51. The topological polar surface area (TPSA) is 129 Å². The molecule has 5 aliphatic rings. The van der Waals surface area contributed by atoms with Gasteiger partial charge in [0.25, 0.3) is 0 Å². The summed E-state index contributed by atoms with van der Waals surface area (Å²) in [7, 11) is 4.59. The summed E-state index contributed by atoms with van der Waals surface area (Å²) >= 11 is 0. The SMILES string of the molecule is C/C=C(/C)C(=O)OC[C@H]1C2=C(C[C@@H]3[C@@H]4C5=C(C(=O)C(C)=C(OC)C5=O)[C@@H](OCC)[C@H](CN31)N4C)C(=O)C(C)=C(OC)C2=O. The molecule has 0 radical (unpaired) electrons. The van der Waals surface area contributed by atoms with E-state index in [0.29, 0.717) is 29.9 Å². The summed E-state index contributed by atoms with van der Waals surface area (Å²) in [6.45, 7) is 8.75. The molecule has 0 aromatic carbocycles. The quantitative estimate of drug-likeness (QED) is 0.243. The first kappa shape index (κ1) is 30.8. The van der Waals surface area contributed by atoms with E-state index in [9.17, 15) is 24.0 Å². The molecular weight excluding hydrogens is 556 g/mol. The molecule has 0 unspecified atom stereocenters. The zero-order valence-corrected chi connectivity index (χ0v) is 25.9. The van der Waals surface area contributed by atoms with Crippen molar-refractivity contribution in [3.8, 4) is 0 Å². The highest BCUT2D eigenvalue weighted by Crippen LogP contribution is 2.47.